The second-order valence-electron chi connectivity index (χ2n) is 3.71. The van der Waals surface area contributed by atoms with E-state index in [4.69, 9.17) is 0 Å². The first-order valence-electron chi connectivity index (χ1n) is 5.56. The molecule has 0 atom stereocenters. The Morgan fingerprint density at radius 3 is 2.63 bits per heavy atom. The largest absolute Gasteiger partial charge is 0.468 e. The van der Waals surface area contributed by atoms with Gasteiger partial charge in [0.1, 0.15) is 0 Å². The number of fused-ring (bicyclic) bond motifs is 1. The minimum Gasteiger partial charge on any atom is -0.468 e. The molecule has 0 saturated carbocycles. The number of carbonyl (C=O) groups excluding carboxylic acids is 1. The molecule has 1 heterocycles. The van der Waals surface area contributed by atoms with E-state index in [1.165, 1.54) is 0 Å². The molecule has 0 bridgehead atoms. The van der Waals surface area contributed by atoms with Gasteiger partial charge in [-0.15, -0.1) is 0 Å². The first-order valence-corrected chi connectivity index (χ1v) is 7.45. The van der Waals surface area contributed by atoms with Crippen LogP contribution in [0.5, 0.6) is 0 Å². The third kappa shape index (κ3) is 5.43. The Morgan fingerprint density at radius 1 is 1.37 bits per heavy atom. The zero-order valence-electron chi connectivity index (χ0n) is 10.7. The molecule has 2 N–H and O–H groups in total. The molecule has 1 aromatic heterocycles. The maximum atomic E-state index is 11.0. The van der Waals surface area contributed by atoms with Crippen LogP contribution in [0.15, 0.2) is 30.5 Å². The lowest BCUT2D eigenvalue weighted by atomic mass is 10.2. The Kier molecular flexibility index (Phi) is 5.37. The van der Waals surface area contributed by atoms with Gasteiger partial charge in [-0.25, -0.2) is 8.42 Å². The molecule has 2 rings (SSSR count). The van der Waals surface area contributed by atoms with Gasteiger partial charge in [0.2, 0.25) is 10.0 Å². The molecule has 0 radical (unpaired) electrons. The van der Waals surface area contributed by atoms with Crippen molar-refractivity contribution in [2.45, 2.75) is 6.92 Å². The normalized spacial score (nSPS) is 10.4. The quantitative estimate of drug-likeness (QED) is 0.837. The minimum absolute atomic E-state index is 0.431. The molecular formula is C12H16N2O4S. The zero-order chi connectivity index (χ0) is 14.3. The van der Waals surface area contributed by atoms with Crippen LogP contribution in [0.3, 0.4) is 0 Å². The van der Waals surface area contributed by atoms with E-state index in [2.05, 4.69) is 14.4 Å². The van der Waals surface area contributed by atoms with Gasteiger partial charge in [0.15, 0.2) is 0 Å². The third-order valence-electron chi connectivity index (χ3n) is 2.09. The van der Waals surface area contributed by atoms with Crippen molar-refractivity contribution in [2.24, 2.45) is 0 Å². The summed E-state index contributed by atoms with van der Waals surface area (Å²) in [6.45, 7) is 2.66. The molecule has 0 spiro atoms. The number of nitrogens with one attached hydrogen (secondary N) is 2. The lowest BCUT2D eigenvalue weighted by Gasteiger charge is -2.02. The summed E-state index contributed by atoms with van der Waals surface area (Å²) < 4.78 is 28.5. The highest BCUT2D eigenvalue weighted by atomic mass is 32.2. The summed E-state index contributed by atoms with van der Waals surface area (Å²) in [6.07, 6.45) is 2.95. The Labute approximate surface area is 111 Å². The maximum Gasteiger partial charge on any atom is 0.293 e. The fourth-order valence-electron chi connectivity index (χ4n) is 1.40. The van der Waals surface area contributed by atoms with E-state index >= 15 is 0 Å². The number of aromatic amines is 1. The van der Waals surface area contributed by atoms with E-state index in [0.29, 0.717) is 18.8 Å². The summed E-state index contributed by atoms with van der Waals surface area (Å²) in [7, 11) is -3.19. The third-order valence-corrected chi connectivity index (χ3v) is 2.70. The number of benzene rings is 1. The van der Waals surface area contributed by atoms with Gasteiger partial charge in [-0.2, -0.15) is 0 Å². The molecule has 0 unspecified atom stereocenters. The van der Waals surface area contributed by atoms with Gasteiger partial charge in [0.25, 0.3) is 6.47 Å². The van der Waals surface area contributed by atoms with Crippen LogP contribution >= 0.6 is 0 Å². The smallest absolute Gasteiger partial charge is 0.293 e. The molecule has 0 saturated heterocycles. The van der Waals surface area contributed by atoms with Gasteiger partial charge in [-0.1, -0.05) is 0 Å². The number of carbonyl (C=O) groups is 1. The summed E-state index contributed by atoms with van der Waals surface area (Å²) in [6, 6.07) is 7.23. The molecule has 6 nitrogen and oxygen atoms in total. The van der Waals surface area contributed by atoms with Crippen molar-refractivity contribution in [3.8, 4) is 0 Å². The highest BCUT2D eigenvalue weighted by molar-refractivity contribution is 7.92. The standard InChI is InChI=1S/C9H10N2O2S.C3H6O2/c1-14(12,13)11-8-2-3-9-7(6-8)4-5-10-9;1-2-5-3-4/h2-6,10-11H,1H3;3H,2H2,1H3. The number of aromatic nitrogens is 1. The first-order chi connectivity index (χ1) is 8.96. The molecule has 104 valence electrons. The van der Waals surface area contributed by atoms with Gasteiger partial charge >= 0.3 is 0 Å². The molecule has 0 fully saturated rings. The average Bonchev–Trinajstić information content (AvgIpc) is 2.76. The number of hydrogen-bond acceptors (Lipinski definition) is 4. The summed E-state index contributed by atoms with van der Waals surface area (Å²) in [5.74, 6) is 0. The van der Waals surface area contributed by atoms with Crippen molar-refractivity contribution >= 4 is 33.1 Å². The van der Waals surface area contributed by atoms with E-state index < -0.39 is 10.0 Å². The monoisotopic (exact) mass is 284 g/mol. The predicted octanol–water partition coefficient (Wildman–Crippen LogP) is 1.72. The van der Waals surface area contributed by atoms with E-state index in [0.717, 1.165) is 17.2 Å². The zero-order valence-corrected chi connectivity index (χ0v) is 11.5. The second kappa shape index (κ2) is 6.79. The van der Waals surface area contributed by atoms with Crippen molar-refractivity contribution in [1.82, 2.24) is 4.98 Å². The molecule has 0 aliphatic rings. The summed E-state index contributed by atoms with van der Waals surface area (Å²) in [5, 5.41) is 0.985. The van der Waals surface area contributed by atoms with Gasteiger partial charge in [-0.3, -0.25) is 9.52 Å². The number of H-pyrrole nitrogens is 1. The van der Waals surface area contributed by atoms with Crippen LogP contribution in [0.1, 0.15) is 6.92 Å². The highest BCUT2D eigenvalue weighted by Gasteiger charge is 2.02. The van der Waals surface area contributed by atoms with Gasteiger partial charge in [0, 0.05) is 22.8 Å². The average molecular weight is 284 g/mol. The van der Waals surface area contributed by atoms with Crippen LogP contribution < -0.4 is 4.72 Å². The van der Waals surface area contributed by atoms with Crippen LogP contribution in [-0.2, 0) is 19.6 Å². The van der Waals surface area contributed by atoms with E-state index in [-0.39, 0.29) is 0 Å². The van der Waals surface area contributed by atoms with Gasteiger partial charge in [-0.05, 0) is 31.2 Å². The Hall–Kier alpha value is -2.02. The van der Waals surface area contributed by atoms with Gasteiger partial charge < -0.3 is 9.72 Å². The Bertz CT molecular complexity index is 634. The molecule has 0 amide bonds. The van der Waals surface area contributed by atoms with Crippen molar-refractivity contribution in [3.63, 3.8) is 0 Å². The van der Waals surface area contributed by atoms with Crippen LogP contribution in [0.2, 0.25) is 0 Å². The summed E-state index contributed by atoms with van der Waals surface area (Å²) in [5.41, 5.74) is 1.57. The van der Waals surface area contributed by atoms with Crippen molar-refractivity contribution in [2.75, 3.05) is 17.6 Å². The van der Waals surface area contributed by atoms with E-state index in [9.17, 15) is 13.2 Å². The van der Waals surface area contributed by atoms with Crippen LogP contribution in [0, 0.1) is 0 Å². The number of anilines is 1. The number of hydrogen-bond donors (Lipinski definition) is 2. The molecular weight excluding hydrogens is 268 g/mol. The molecule has 0 aliphatic carbocycles. The SMILES string of the molecule is CCOC=O.CS(=O)(=O)Nc1ccc2[nH]ccc2c1. The maximum absolute atomic E-state index is 11.0. The van der Waals surface area contributed by atoms with Crippen molar-refractivity contribution < 1.29 is 17.9 Å². The molecule has 19 heavy (non-hydrogen) atoms. The number of ether oxygens (including phenoxy) is 1. The number of rotatable bonds is 4. The lowest BCUT2D eigenvalue weighted by molar-refractivity contribution is -0.128. The topological polar surface area (TPSA) is 88.3 Å². The second-order valence-corrected chi connectivity index (χ2v) is 5.45. The Balaban J connectivity index is 0.000000312. The molecule has 0 aliphatic heterocycles. The van der Waals surface area contributed by atoms with E-state index in [1.54, 1.807) is 19.1 Å². The lowest BCUT2D eigenvalue weighted by Crippen LogP contribution is -2.09. The van der Waals surface area contributed by atoms with Gasteiger partial charge in [0.05, 0.1) is 12.9 Å². The molecule has 2 aromatic rings. The molecule has 7 heteroatoms. The Morgan fingerprint density at radius 2 is 2.11 bits per heavy atom. The summed E-state index contributed by atoms with van der Waals surface area (Å²) in [4.78, 5) is 12.2. The number of sulfonamides is 1. The van der Waals surface area contributed by atoms with Crippen LogP contribution in [-0.4, -0.2) is 32.7 Å². The van der Waals surface area contributed by atoms with Crippen LogP contribution in [0.25, 0.3) is 10.9 Å². The van der Waals surface area contributed by atoms with Crippen molar-refractivity contribution in [1.29, 1.82) is 0 Å². The fourth-order valence-corrected chi connectivity index (χ4v) is 1.95. The summed E-state index contributed by atoms with van der Waals surface area (Å²) >= 11 is 0. The highest BCUT2D eigenvalue weighted by Crippen LogP contribution is 2.18. The fraction of sp³-hybridized carbons (Fsp3) is 0.250. The first kappa shape index (κ1) is 15.0. The van der Waals surface area contributed by atoms with E-state index in [1.807, 2.05) is 18.3 Å². The van der Waals surface area contributed by atoms with Crippen LogP contribution in [0.4, 0.5) is 5.69 Å². The predicted molar refractivity (Wildman–Crippen MR) is 74.5 cm³/mol. The molecule has 1 aromatic carbocycles. The minimum atomic E-state index is -3.19. The van der Waals surface area contributed by atoms with Crippen molar-refractivity contribution in [3.05, 3.63) is 30.5 Å².